The average Bonchev–Trinajstić information content (AvgIpc) is 2.96. The number of hydrogen-bond acceptors (Lipinski definition) is 3. The molecular weight excluding hydrogens is 260 g/mol. The Bertz CT molecular complexity index is 678. The zero-order chi connectivity index (χ0) is 15.0. The number of carbonyl (C=O) groups excluding carboxylic acids is 1. The van der Waals surface area contributed by atoms with E-state index < -0.39 is 0 Å². The molecule has 1 saturated heterocycles. The summed E-state index contributed by atoms with van der Waals surface area (Å²) in [5.74, 6) is 0. The summed E-state index contributed by atoms with van der Waals surface area (Å²) in [7, 11) is 4.28. The summed E-state index contributed by atoms with van der Waals surface area (Å²) >= 11 is 0. The first kappa shape index (κ1) is 14.1. The van der Waals surface area contributed by atoms with E-state index in [0.717, 1.165) is 41.3 Å². The summed E-state index contributed by atoms with van der Waals surface area (Å²) < 4.78 is 0. The molecule has 0 N–H and O–H groups in total. The van der Waals surface area contributed by atoms with Crippen LogP contribution >= 0.6 is 0 Å². The number of carbonyl (C=O) groups is 1. The van der Waals surface area contributed by atoms with Gasteiger partial charge in [0.25, 0.3) is 0 Å². The van der Waals surface area contributed by atoms with Crippen molar-refractivity contribution in [3.63, 3.8) is 0 Å². The lowest BCUT2D eigenvalue weighted by atomic mass is 10.00. The van der Waals surface area contributed by atoms with E-state index in [1.165, 1.54) is 12.1 Å². The number of hydrogen-bond donors (Lipinski definition) is 0. The fourth-order valence-corrected chi connectivity index (χ4v) is 3.19. The van der Waals surface area contributed by atoms with Crippen LogP contribution in [0.15, 0.2) is 30.3 Å². The first-order valence-electron chi connectivity index (χ1n) is 7.50. The van der Waals surface area contributed by atoms with Crippen LogP contribution in [0, 0.1) is 6.92 Å². The standard InChI is InChI=1S/C18H22N2O/c1-13-4-5-14-6-7-15(10-17(14)18(13)12-21)20-9-8-16(11-20)19(2)3/h4-7,10,12,16H,8-9,11H2,1-3H3. The van der Waals surface area contributed by atoms with E-state index in [2.05, 4.69) is 48.2 Å². The molecule has 3 nitrogen and oxygen atoms in total. The van der Waals surface area contributed by atoms with Gasteiger partial charge in [-0.1, -0.05) is 18.2 Å². The molecule has 0 aromatic heterocycles. The van der Waals surface area contributed by atoms with Crippen molar-refractivity contribution in [1.29, 1.82) is 0 Å². The third-order valence-electron chi connectivity index (χ3n) is 4.64. The van der Waals surface area contributed by atoms with E-state index in [1.54, 1.807) is 0 Å². The van der Waals surface area contributed by atoms with Gasteiger partial charge in [0.1, 0.15) is 0 Å². The Morgan fingerprint density at radius 1 is 1.24 bits per heavy atom. The van der Waals surface area contributed by atoms with Crippen molar-refractivity contribution in [1.82, 2.24) is 4.90 Å². The highest BCUT2D eigenvalue weighted by Gasteiger charge is 2.24. The SMILES string of the molecule is Cc1ccc2ccc(N3CCC(N(C)C)C3)cc2c1C=O. The first-order chi connectivity index (χ1) is 10.1. The van der Waals surface area contributed by atoms with Crippen LogP contribution < -0.4 is 4.90 Å². The summed E-state index contributed by atoms with van der Waals surface area (Å²) in [4.78, 5) is 16.1. The number of nitrogens with zero attached hydrogens (tertiary/aromatic N) is 2. The van der Waals surface area contributed by atoms with Gasteiger partial charge < -0.3 is 9.80 Å². The second-order valence-electron chi connectivity index (χ2n) is 6.17. The highest BCUT2D eigenvalue weighted by molar-refractivity contribution is 6.00. The highest BCUT2D eigenvalue weighted by Crippen LogP contribution is 2.28. The zero-order valence-electron chi connectivity index (χ0n) is 13.0. The molecule has 0 radical (unpaired) electrons. The molecule has 110 valence electrons. The Labute approximate surface area is 126 Å². The molecule has 1 heterocycles. The van der Waals surface area contributed by atoms with Crippen LogP contribution in [0.5, 0.6) is 0 Å². The van der Waals surface area contributed by atoms with Crippen LogP contribution in [0.2, 0.25) is 0 Å². The molecule has 2 aromatic carbocycles. The molecule has 1 aliphatic heterocycles. The van der Waals surface area contributed by atoms with E-state index in [-0.39, 0.29) is 0 Å². The predicted molar refractivity (Wildman–Crippen MR) is 88.4 cm³/mol. The zero-order valence-corrected chi connectivity index (χ0v) is 13.0. The van der Waals surface area contributed by atoms with E-state index in [9.17, 15) is 4.79 Å². The van der Waals surface area contributed by atoms with Crippen molar-refractivity contribution >= 4 is 22.7 Å². The topological polar surface area (TPSA) is 23.6 Å². The minimum Gasteiger partial charge on any atom is -0.370 e. The average molecular weight is 282 g/mol. The lowest BCUT2D eigenvalue weighted by Crippen LogP contribution is -2.31. The van der Waals surface area contributed by atoms with Gasteiger partial charge in [-0.15, -0.1) is 0 Å². The van der Waals surface area contributed by atoms with Gasteiger partial charge in [0.05, 0.1) is 0 Å². The van der Waals surface area contributed by atoms with Crippen molar-refractivity contribution in [2.45, 2.75) is 19.4 Å². The van der Waals surface area contributed by atoms with Crippen LogP contribution in [0.25, 0.3) is 10.8 Å². The van der Waals surface area contributed by atoms with Crippen molar-refractivity contribution in [2.75, 3.05) is 32.1 Å². The molecule has 3 rings (SSSR count). The third-order valence-corrected chi connectivity index (χ3v) is 4.64. The summed E-state index contributed by atoms with van der Waals surface area (Å²) in [5.41, 5.74) is 3.08. The van der Waals surface area contributed by atoms with E-state index in [1.807, 2.05) is 13.0 Å². The Kier molecular flexibility index (Phi) is 3.68. The minimum absolute atomic E-state index is 0.615. The summed E-state index contributed by atoms with van der Waals surface area (Å²) in [6, 6.07) is 11.2. The molecule has 2 aromatic rings. The lowest BCUT2D eigenvalue weighted by molar-refractivity contribution is 0.112. The molecule has 21 heavy (non-hydrogen) atoms. The second kappa shape index (κ2) is 5.49. The van der Waals surface area contributed by atoms with Crippen molar-refractivity contribution in [3.8, 4) is 0 Å². The number of anilines is 1. The van der Waals surface area contributed by atoms with Gasteiger partial charge in [0, 0.05) is 30.4 Å². The van der Waals surface area contributed by atoms with Gasteiger partial charge in [0.15, 0.2) is 6.29 Å². The largest absolute Gasteiger partial charge is 0.370 e. The summed E-state index contributed by atoms with van der Waals surface area (Å²) in [6.45, 7) is 4.13. The second-order valence-corrected chi connectivity index (χ2v) is 6.17. The van der Waals surface area contributed by atoms with E-state index in [0.29, 0.717) is 6.04 Å². The maximum Gasteiger partial charge on any atom is 0.150 e. The molecule has 3 heteroatoms. The number of aldehydes is 1. The molecule has 0 aliphatic carbocycles. The maximum atomic E-state index is 11.4. The van der Waals surface area contributed by atoms with Gasteiger partial charge in [-0.2, -0.15) is 0 Å². The number of benzene rings is 2. The Balaban J connectivity index is 1.99. The lowest BCUT2D eigenvalue weighted by Gasteiger charge is -2.22. The third kappa shape index (κ3) is 2.54. The summed E-state index contributed by atoms with van der Waals surface area (Å²) in [5, 5.41) is 2.20. The normalized spacial score (nSPS) is 18.7. The van der Waals surface area contributed by atoms with Gasteiger partial charge in [-0.05, 0) is 55.9 Å². The highest BCUT2D eigenvalue weighted by atomic mass is 16.1. The van der Waals surface area contributed by atoms with E-state index in [4.69, 9.17) is 0 Å². The summed E-state index contributed by atoms with van der Waals surface area (Å²) in [6.07, 6.45) is 2.17. The Morgan fingerprint density at radius 2 is 2.00 bits per heavy atom. The minimum atomic E-state index is 0.615. The molecule has 0 bridgehead atoms. The molecule has 1 atom stereocenters. The molecule has 0 spiro atoms. The van der Waals surface area contributed by atoms with Crippen LogP contribution in [0.4, 0.5) is 5.69 Å². The number of rotatable bonds is 3. The molecule has 0 amide bonds. The maximum absolute atomic E-state index is 11.4. The predicted octanol–water partition coefficient (Wildman–Crippen LogP) is 3.10. The Morgan fingerprint density at radius 3 is 2.67 bits per heavy atom. The first-order valence-corrected chi connectivity index (χ1v) is 7.50. The van der Waals surface area contributed by atoms with Gasteiger partial charge in [-0.25, -0.2) is 0 Å². The van der Waals surface area contributed by atoms with Crippen LogP contribution in [-0.4, -0.2) is 44.4 Å². The monoisotopic (exact) mass is 282 g/mol. The molecule has 0 saturated carbocycles. The van der Waals surface area contributed by atoms with Crippen LogP contribution in [0.1, 0.15) is 22.3 Å². The number of fused-ring (bicyclic) bond motifs is 1. The van der Waals surface area contributed by atoms with Crippen LogP contribution in [0.3, 0.4) is 0 Å². The smallest absolute Gasteiger partial charge is 0.150 e. The van der Waals surface area contributed by atoms with Gasteiger partial charge in [-0.3, -0.25) is 4.79 Å². The van der Waals surface area contributed by atoms with Crippen molar-refractivity contribution < 1.29 is 4.79 Å². The van der Waals surface area contributed by atoms with Gasteiger partial charge in [0.2, 0.25) is 0 Å². The quantitative estimate of drug-likeness (QED) is 0.808. The molecule has 1 fully saturated rings. The number of likely N-dealkylation sites (N-methyl/N-ethyl adjacent to an activating group) is 1. The fourth-order valence-electron chi connectivity index (χ4n) is 3.19. The van der Waals surface area contributed by atoms with E-state index >= 15 is 0 Å². The molecule has 1 aliphatic rings. The fraction of sp³-hybridized carbons (Fsp3) is 0.389. The van der Waals surface area contributed by atoms with Gasteiger partial charge >= 0.3 is 0 Å². The molecular formula is C18H22N2O. The Hall–Kier alpha value is -1.87. The number of aryl methyl sites for hydroxylation is 1. The van der Waals surface area contributed by atoms with Crippen molar-refractivity contribution in [3.05, 3.63) is 41.5 Å². The van der Waals surface area contributed by atoms with Crippen LogP contribution in [-0.2, 0) is 0 Å². The molecule has 1 unspecified atom stereocenters. The van der Waals surface area contributed by atoms with Crippen molar-refractivity contribution in [2.24, 2.45) is 0 Å².